The lowest BCUT2D eigenvalue weighted by atomic mass is 10.2. The van der Waals surface area contributed by atoms with E-state index in [2.05, 4.69) is 5.32 Å². The van der Waals surface area contributed by atoms with Crippen molar-refractivity contribution in [2.45, 2.75) is 30.7 Å². The first-order chi connectivity index (χ1) is 9.78. The lowest BCUT2D eigenvalue weighted by molar-refractivity contribution is -0.123. The van der Waals surface area contributed by atoms with E-state index >= 15 is 0 Å². The van der Waals surface area contributed by atoms with Crippen LogP contribution in [-0.2, 0) is 14.8 Å². The van der Waals surface area contributed by atoms with Crippen molar-refractivity contribution in [3.63, 3.8) is 0 Å². The zero-order chi connectivity index (χ0) is 15.8. The maximum atomic E-state index is 12.8. The van der Waals surface area contributed by atoms with E-state index in [-0.39, 0.29) is 16.5 Å². The van der Waals surface area contributed by atoms with Gasteiger partial charge in [0.25, 0.3) is 0 Å². The number of rotatable bonds is 3. The summed E-state index contributed by atoms with van der Waals surface area (Å²) in [6.07, 6.45) is 1.17. The molecule has 1 saturated heterocycles. The Morgan fingerprint density at radius 1 is 1.48 bits per heavy atom. The molecule has 1 fully saturated rings. The summed E-state index contributed by atoms with van der Waals surface area (Å²) < 4.78 is 26.8. The highest BCUT2D eigenvalue weighted by Gasteiger charge is 2.39. The van der Waals surface area contributed by atoms with Crippen molar-refractivity contribution in [2.75, 3.05) is 19.3 Å². The Hall–Kier alpha value is -1.31. The molecular weight excluding hydrogens is 314 g/mol. The van der Waals surface area contributed by atoms with Gasteiger partial charge in [0, 0.05) is 13.6 Å². The Balaban J connectivity index is 2.47. The number of halogens is 1. The number of likely N-dealkylation sites (N-methyl/N-ethyl adjacent to an activating group) is 1. The minimum absolute atomic E-state index is 0.0974. The fraction of sp³-hybridized carbons (Fsp3) is 0.462. The summed E-state index contributed by atoms with van der Waals surface area (Å²) in [5, 5.41) is 2.82. The first-order valence-corrected chi connectivity index (χ1v) is 8.40. The number of benzene rings is 1. The summed E-state index contributed by atoms with van der Waals surface area (Å²) in [6.45, 7) is 1.98. The number of hydrogen-bond donors (Lipinski definition) is 2. The van der Waals surface area contributed by atoms with Crippen molar-refractivity contribution in [3.05, 3.63) is 22.7 Å². The molecule has 0 aromatic heterocycles. The van der Waals surface area contributed by atoms with E-state index < -0.39 is 16.1 Å². The molecule has 8 heteroatoms. The molecule has 0 spiro atoms. The second-order valence-electron chi connectivity index (χ2n) is 5.03. The molecule has 2 rings (SSSR count). The van der Waals surface area contributed by atoms with Gasteiger partial charge in [-0.05, 0) is 37.5 Å². The van der Waals surface area contributed by atoms with Gasteiger partial charge >= 0.3 is 0 Å². The monoisotopic (exact) mass is 331 g/mol. The number of aryl methyl sites for hydroxylation is 1. The van der Waals surface area contributed by atoms with Gasteiger partial charge in [0.1, 0.15) is 6.04 Å². The van der Waals surface area contributed by atoms with Crippen LogP contribution in [0.1, 0.15) is 18.4 Å². The van der Waals surface area contributed by atoms with E-state index in [4.69, 9.17) is 17.3 Å². The fourth-order valence-corrected chi connectivity index (χ4v) is 4.65. The summed E-state index contributed by atoms with van der Waals surface area (Å²) in [6, 6.07) is 2.21. The van der Waals surface area contributed by atoms with Crippen molar-refractivity contribution in [1.82, 2.24) is 9.62 Å². The maximum absolute atomic E-state index is 12.8. The van der Waals surface area contributed by atoms with Crippen molar-refractivity contribution in [2.24, 2.45) is 0 Å². The number of nitrogens with one attached hydrogen (secondary N) is 1. The second-order valence-corrected chi connectivity index (χ2v) is 7.29. The topological polar surface area (TPSA) is 92.5 Å². The van der Waals surface area contributed by atoms with Crippen LogP contribution in [0.3, 0.4) is 0 Å². The van der Waals surface area contributed by atoms with E-state index in [1.54, 1.807) is 6.92 Å². The molecule has 1 aromatic rings. The highest BCUT2D eigenvalue weighted by Crippen LogP contribution is 2.31. The van der Waals surface area contributed by atoms with Crippen LogP contribution in [0, 0.1) is 6.92 Å². The van der Waals surface area contributed by atoms with Gasteiger partial charge in [0.2, 0.25) is 15.9 Å². The van der Waals surface area contributed by atoms with E-state index in [1.807, 2.05) is 0 Å². The van der Waals surface area contributed by atoms with Crippen molar-refractivity contribution in [3.8, 4) is 0 Å². The highest BCUT2D eigenvalue weighted by molar-refractivity contribution is 7.89. The molecule has 0 radical (unpaired) electrons. The van der Waals surface area contributed by atoms with Crippen LogP contribution < -0.4 is 11.1 Å². The van der Waals surface area contributed by atoms with Crippen LogP contribution in [0.25, 0.3) is 0 Å². The molecule has 0 aliphatic carbocycles. The number of nitrogens with two attached hydrogens (primary N) is 1. The van der Waals surface area contributed by atoms with Crippen LogP contribution in [-0.4, -0.2) is 38.3 Å². The van der Waals surface area contributed by atoms with E-state index in [9.17, 15) is 13.2 Å². The zero-order valence-electron chi connectivity index (χ0n) is 11.9. The molecule has 1 heterocycles. The third-order valence-corrected chi connectivity index (χ3v) is 6.01. The first-order valence-electron chi connectivity index (χ1n) is 6.58. The average molecular weight is 332 g/mol. The number of anilines is 1. The third kappa shape index (κ3) is 2.86. The molecule has 1 aliphatic rings. The Bertz CT molecular complexity index is 675. The summed E-state index contributed by atoms with van der Waals surface area (Å²) in [4.78, 5) is 11.9. The molecule has 1 atom stereocenters. The average Bonchev–Trinajstić information content (AvgIpc) is 2.91. The Morgan fingerprint density at radius 2 is 2.14 bits per heavy atom. The number of carbonyl (C=O) groups is 1. The van der Waals surface area contributed by atoms with Gasteiger partial charge in [-0.15, -0.1) is 0 Å². The summed E-state index contributed by atoms with van der Waals surface area (Å²) in [5.74, 6) is -0.296. The van der Waals surface area contributed by atoms with Crippen LogP contribution >= 0.6 is 11.6 Å². The molecule has 116 valence electrons. The molecule has 1 unspecified atom stereocenters. The summed E-state index contributed by atoms with van der Waals surface area (Å²) >= 11 is 5.90. The molecule has 0 bridgehead atoms. The van der Waals surface area contributed by atoms with Gasteiger partial charge in [0.15, 0.2) is 0 Å². The van der Waals surface area contributed by atoms with Gasteiger partial charge in [-0.25, -0.2) is 8.42 Å². The lowest BCUT2D eigenvalue weighted by Crippen LogP contribution is -2.44. The van der Waals surface area contributed by atoms with E-state index in [0.717, 1.165) is 0 Å². The normalized spacial score (nSPS) is 19.7. The minimum atomic E-state index is -3.78. The number of nitrogen functional groups attached to an aromatic ring is 1. The number of amides is 1. The highest BCUT2D eigenvalue weighted by atomic mass is 35.5. The van der Waals surface area contributed by atoms with E-state index in [0.29, 0.717) is 30.0 Å². The number of hydrogen-bond acceptors (Lipinski definition) is 4. The molecule has 3 N–H and O–H groups in total. The number of sulfonamides is 1. The Kier molecular flexibility index (Phi) is 4.46. The van der Waals surface area contributed by atoms with Gasteiger partial charge in [-0.2, -0.15) is 4.31 Å². The predicted molar refractivity (Wildman–Crippen MR) is 81.6 cm³/mol. The van der Waals surface area contributed by atoms with Crippen LogP contribution in [0.5, 0.6) is 0 Å². The molecule has 1 aromatic carbocycles. The van der Waals surface area contributed by atoms with Gasteiger partial charge in [-0.1, -0.05) is 11.6 Å². The van der Waals surface area contributed by atoms with Gasteiger partial charge in [0.05, 0.1) is 15.6 Å². The van der Waals surface area contributed by atoms with Crippen LogP contribution in [0.15, 0.2) is 17.0 Å². The van der Waals surface area contributed by atoms with Crippen LogP contribution in [0.2, 0.25) is 5.02 Å². The van der Waals surface area contributed by atoms with Crippen molar-refractivity contribution in [1.29, 1.82) is 0 Å². The molecule has 6 nitrogen and oxygen atoms in total. The van der Waals surface area contributed by atoms with Crippen LogP contribution in [0.4, 0.5) is 5.69 Å². The molecule has 21 heavy (non-hydrogen) atoms. The Labute approximate surface area is 129 Å². The van der Waals surface area contributed by atoms with Crippen molar-refractivity contribution < 1.29 is 13.2 Å². The fourth-order valence-electron chi connectivity index (χ4n) is 2.53. The third-order valence-electron chi connectivity index (χ3n) is 3.63. The number of carbonyl (C=O) groups excluding carboxylic acids is 1. The molecule has 0 saturated carbocycles. The molecule has 1 aliphatic heterocycles. The maximum Gasteiger partial charge on any atom is 0.244 e. The quantitative estimate of drug-likeness (QED) is 0.812. The minimum Gasteiger partial charge on any atom is -0.397 e. The SMILES string of the molecule is CNC(=O)C1CCCN1S(=O)(=O)c1cc(N)c(Cl)cc1C. The predicted octanol–water partition coefficient (Wildman–Crippen LogP) is 1.13. The molecular formula is C13H18ClN3O3S. The smallest absolute Gasteiger partial charge is 0.244 e. The standard InChI is InChI=1S/C13H18ClN3O3S/c1-8-6-9(14)10(15)7-12(8)21(19,20)17-5-3-4-11(17)13(18)16-2/h6-7,11H,3-5,15H2,1-2H3,(H,16,18). The molecule has 1 amide bonds. The second kappa shape index (κ2) is 5.82. The largest absolute Gasteiger partial charge is 0.397 e. The van der Waals surface area contributed by atoms with Crippen molar-refractivity contribution >= 4 is 33.2 Å². The lowest BCUT2D eigenvalue weighted by Gasteiger charge is -2.24. The van der Waals surface area contributed by atoms with Gasteiger partial charge < -0.3 is 11.1 Å². The zero-order valence-corrected chi connectivity index (χ0v) is 13.5. The Morgan fingerprint density at radius 3 is 2.76 bits per heavy atom. The van der Waals surface area contributed by atoms with E-state index in [1.165, 1.54) is 23.5 Å². The summed E-state index contributed by atoms with van der Waals surface area (Å²) in [5.41, 5.74) is 6.43. The number of nitrogens with zero attached hydrogens (tertiary/aromatic N) is 1. The summed E-state index contributed by atoms with van der Waals surface area (Å²) in [7, 11) is -2.28. The van der Waals surface area contributed by atoms with Gasteiger partial charge in [-0.3, -0.25) is 4.79 Å². The first kappa shape index (κ1) is 16.1.